The Morgan fingerprint density at radius 1 is 1.31 bits per heavy atom. The van der Waals surface area contributed by atoms with E-state index in [4.69, 9.17) is 16.3 Å². The second-order valence-corrected chi connectivity index (χ2v) is 4.21. The van der Waals surface area contributed by atoms with Gasteiger partial charge >= 0.3 is 0 Å². The number of hydrogen-bond acceptors (Lipinski definition) is 2. The van der Waals surface area contributed by atoms with Gasteiger partial charge in [-0.05, 0) is 24.1 Å². The zero-order valence-electron chi connectivity index (χ0n) is 8.77. The molecule has 0 heterocycles. The summed E-state index contributed by atoms with van der Waals surface area (Å²) >= 11 is 5.86. The maximum absolute atomic E-state index is 9.60. The van der Waals surface area contributed by atoms with Crippen molar-refractivity contribution in [2.75, 3.05) is 0 Å². The van der Waals surface area contributed by atoms with E-state index in [1.165, 1.54) is 0 Å². The molecule has 0 radical (unpaired) electrons. The largest absolute Gasteiger partial charge is 0.504 e. The number of aliphatic hydroxyl groups is 1. The molecular weight excluding hydrogens is 224 g/mol. The monoisotopic (exact) mass is 236 g/mol. The lowest BCUT2D eigenvalue weighted by Gasteiger charge is -2.15. The summed E-state index contributed by atoms with van der Waals surface area (Å²) in [5.74, 6) is 0.642. The van der Waals surface area contributed by atoms with Crippen molar-refractivity contribution < 1.29 is 9.84 Å². The van der Waals surface area contributed by atoms with E-state index in [0.29, 0.717) is 18.8 Å². The Morgan fingerprint density at radius 2 is 2.06 bits per heavy atom. The Kier molecular flexibility index (Phi) is 3.52. The van der Waals surface area contributed by atoms with Crippen LogP contribution in [0.5, 0.6) is 0 Å². The second-order valence-electron chi connectivity index (χ2n) is 3.65. The lowest BCUT2D eigenvalue weighted by molar-refractivity contribution is 0.179. The molecule has 1 aliphatic carbocycles. The summed E-state index contributed by atoms with van der Waals surface area (Å²) in [6.07, 6.45) is 4.10. The van der Waals surface area contributed by atoms with Crippen LogP contribution in [-0.2, 0) is 11.3 Å². The maximum atomic E-state index is 9.60. The van der Waals surface area contributed by atoms with E-state index in [0.717, 1.165) is 5.56 Å². The van der Waals surface area contributed by atoms with Crippen LogP contribution in [0.1, 0.15) is 12.0 Å². The van der Waals surface area contributed by atoms with Gasteiger partial charge in [0.1, 0.15) is 6.61 Å². The fourth-order valence-electron chi connectivity index (χ4n) is 1.51. The first-order valence-electron chi connectivity index (χ1n) is 5.18. The number of aliphatic hydroxyl groups excluding tert-OH is 1. The standard InChI is InChI=1S/C13H13ClO2/c14-11-6-7-13(12(15)8-11)16-9-10-4-2-1-3-5-10/h1-5,7-8,11,15H,6,9H2. The average molecular weight is 237 g/mol. The molecule has 1 atom stereocenters. The molecule has 0 spiro atoms. The van der Waals surface area contributed by atoms with Gasteiger partial charge in [-0.25, -0.2) is 0 Å². The topological polar surface area (TPSA) is 29.5 Å². The molecule has 1 aromatic carbocycles. The summed E-state index contributed by atoms with van der Waals surface area (Å²) in [5.41, 5.74) is 1.07. The van der Waals surface area contributed by atoms with Crippen LogP contribution in [0.3, 0.4) is 0 Å². The SMILES string of the molecule is OC1=CC(Cl)CC=C1OCc1ccccc1. The summed E-state index contributed by atoms with van der Waals surface area (Å²) in [5, 5.41) is 9.47. The Hall–Kier alpha value is -1.41. The maximum Gasteiger partial charge on any atom is 0.157 e. The predicted molar refractivity (Wildman–Crippen MR) is 64.3 cm³/mol. The van der Waals surface area contributed by atoms with Gasteiger partial charge in [-0.3, -0.25) is 0 Å². The molecule has 1 N–H and O–H groups in total. The molecule has 0 amide bonds. The molecular formula is C13H13ClO2. The minimum Gasteiger partial charge on any atom is -0.504 e. The van der Waals surface area contributed by atoms with Gasteiger partial charge in [-0.1, -0.05) is 30.3 Å². The quantitative estimate of drug-likeness (QED) is 0.814. The molecule has 0 saturated carbocycles. The van der Waals surface area contributed by atoms with E-state index in [1.807, 2.05) is 36.4 Å². The Balaban J connectivity index is 1.95. The van der Waals surface area contributed by atoms with Gasteiger partial charge in [-0.15, -0.1) is 11.6 Å². The van der Waals surface area contributed by atoms with Crippen molar-refractivity contribution in [3.05, 3.63) is 59.6 Å². The van der Waals surface area contributed by atoms with Crippen molar-refractivity contribution in [1.82, 2.24) is 0 Å². The van der Waals surface area contributed by atoms with E-state index in [-0.39, 0.29) is 11.1 Å². The highest BCUT2D eigenvalue weighted by molar-refractivity contribution is 6.22. The Labute approximate surface area is 99.8 Å². The first-order valence-corrected chi connectivity index (χ1v) is 5.61. The third kappa shape index (κ3) is 2.80. The van der Waals surface area contributed by atoms with Crippen LogP contribution >= 0.6 is 11.6 Å². The molecule has 1 unspecified atom stereocenters. The number of halogens is 1. The van der Waals surface area contributed by atoms with Gasteiger partial charge in [0.15, 0.2) is 11.5 Å². The number of benzene rings is 1. The first kappa shape index (κ1) is 11.1. The lowest BCUT2D eigenvalue weighted by atomic mass is 10.1. The average Bonchev–Trinajstić information content (AvgIpc) is 2.29. The molecule has 16 heavy (non-hydrogen) atoms. The summed E-state index contributed by atoms with van der Waals surface area (Å²) in [6, 6.07) is 9.83. The van der Waals surface area contributed by atoms with Gasteiger partial charge in [0.25, 0.3) is 0 Å². The van der Waals surface area contributed by atoms with Gasteiger partial charge in [0.05, 0.1) is 5.38 Å². The molecule has 3 heteroatoms. The lowest BCUT2D eigenvalue weighted by Crippen LogP contribution is -2.06. The summed E-state index contributed by atoms with van der Waals surface area (Å²) < 4.78 is 5.51. The van der Waals surface area contributed by atoms with Crippen molar-refractivity contribution in [3.63, 3.8) is 0 Å². The molecule has 0 aliphatic heterocycles. The number of allylic oxidation sites excluding steroid dienone is 2. The van der Waals surface area contributed by atoms with Crippen LogP contribution in [0.4, 0.5) is 0 Å². The van der Waals surface area contributed by atoms with E-state index in [2.05, 4.69) is 0 Å². The predicted octanol–water partition coefficient (Wildman–Crippen LogP) is 3.54. The summed E-state index contributed by atoms with van der Waals surface area (Å²) in [7, 11) is 0. The van der Waals surface area contributed by atoms with Crippen molar-refractivity contribution in [3.8, 4) is 0 Å². The molecule has 84 valence electrons. The molecule has 0 saturated heterocycles. The minimum atomic E-state index is -0.135. The molecule has 0 bridgehead atoms. The number of alkyl halides is 1. The van der Waals surface area contributed by atoms with Crippen molar-refractivity contribution in [2.24, 2.45) is 0 Å². The molecule has 2 rings (SSSR count). The van der Waals surface area contributed by atoms with E-state index < -0.39 is 0 Å². The number of rotatable bonds is 3. The normalized spacial score (nSPS) is 19.9. The number of hydrogen-bond donors (Lipinski definition) is 1. The molecule has 0 aromatic heterocycles. The molecule has 2 nitrogen and oxygen atoms in total. The Bertz CT molecular complexity index is 409. The van der Waals surface area contributed by atoms with Crippen LogP contribution in [0.25, 0.3) is 0 Å². The number of ether oxygens (including phenoxy) is 1. The molecule has 1 aromatic rings. The van der Waals surface area contributed by atoms with E-state index in [1.54, 1.807) is 6.08 Å². The van der Waals surface area contributed by atoms with Crippen LogP contribution in [0.15, 0.2) is 54.0 Å². The zero-order valence-corrected chi connectivity index (χ0v) is 9.52. The zero-order chi connectivity index (χ0) is 11.4. The molecule has 1 aliphatic rings. The van der Waals surface area contributed by atoms with Crippen molar-refractivity contribution >= 4 is 11.6 Å². The smallest absolute Gasteiger partial charge is 0.157 e. The first-order chi connectivity index (χ1) is 7.75. The second kappa shape index (κ2) is 5.08. The van der Waals surface area contributed by atoms with E-state index >= 15 is 0 Å². The van der Waals surface area contributed by atoms with Gasteiger partial charge in [-0.2, -0.15) is 0 Å². The highest BCUT2D eigenvalue weighted by Gasteiger charge is 2.14. The van der Waals surface area contributed by atoms with Crippen LogP contribution < -0.4 is 0 Å². The van der Waals surface area contributed by atoms with Gasteiger partial charge in [0.2, 0.25) is 0 Å². The van der Waals surface area contributed by atoms with E-state index in [9.17, 15) is 5.11 Å². The Morgan fingerprint density at radius 3 is 2.75 bits per heavy atom. The van der Waals surface area contributed by atoms with Crippen molar-refractivity contribution in [2.45, 2.75) is 18.4 Å². The van der Waals surface area contributed by atoms with Crippen LogP contribution in [-0.4, -0.2) is 10.5 Å². The van der Waals surface area contributed by atoms with Crippen LogP contribution in [0, 0.1) is 0 Å². The highest BCUT2D eigenvalue weighted by Crippen LogP contribution is 2.22. The third-order valence-corrected chi connectivity index (χ3v) is 2.66. The fraction of sp³-hybridized carbons (Fsp3) is 0.231. The summed E-state index contributed by atoms with van der Waals surface area (Å²) in [4.78, 5) is 0. The highest BCUT2D eigenvalue weighted by atomic mass is 35.5. The van der Waals surface area contributed by atoms with Crippen molar-refractivity contribution in [1.29, 1.82) is 0 Å². The van der Waals surface area contributed by atoms with Crippen LogP contribution in [0.2, 0.25) is 0 Å². The van der Waals surface area contributed by atoms with Gasteiger partial charge in [0, 0.05) is 0 Å². The van der Waals surface area contributed by atoms with Gasteiger partial charge < -0.3 is 9.84 Å². The summed E-state index contributed by atoms with van der Waals surface area (Å²) in [6.45, 7) is 0.456. The third-order valence-electron chi connectivity index (χ3n) is 2.36. The fourth-order valence-corrected chi connectivity index (χ4v) is 1.72. The minimum absolute atomic E-state index is 0.127. The molecule has 0 fully saturated rings.